The van der Waals surface area contributed by atoms with Gasteiger partial charge in [-0.2, -0.15) is 0 Å². The van der Waals surface area contributed by atoms with Gasteiger partial charge in [-0.3, -0.25) is 9.59 Å². The number of rotatable bonds is 6. The highest BCUT2D eigenvalue weighted by atomic mass is 16.2. The Balaban J connectivity index is 1.52. The molecule has 0 aliphatic carbocycles. The van der Waals surface area contributed by atoms with Gasteiger partial charge in [-0.05, 0) is 37.5 Å². The molecule has 1 atom stereocenters. The maximum atomic E-state index is 12.9. The Morgan fingerprint density at radius 2 is 1.74 bits per heavy atom. The number of hydrogen-bond donors (Lipinski definition) is 3. The summed E-state index contributed by atoms with van der Waals surface area (Å²) >= 11 is 0. The van der Waals surface area contributed by atoms with Crippen LogP contribution in [0.2, 0.25) is 0 Å². The van der Waals surface area contributed by atoms with E-state index in [9.17, 15) is 14.4 Å². The summed E-state index contributed by atoms with van der Waals surface area (Å²) in [6, 6.07) is 16.5. The molecule has 0 bridgehead atoms. The third-order valence-electron chi connectivity index (χ3n) is 5.37. The minimum atomic E-state index is -0.626. The van der Waals surface area contributed by atoms with Crippen LogP contribution in [0.25, 0.3) is 0 Å². The van der Waals surface area contributed by atoms with Gasteiger partial charge < -0.3 is 20.9 Å². The van der Waals surface area contributed by atoms with Crippen LogP contribution in [-0.4, -0.2) is 47.9 Å². The molecule has 1 saturated heterocycles. The predicted molar refractivity (Wildman–Crippen MR) is 121 cm³/mol. The molecule has 3 rings (SSSR count). The number of nitrogens with zero attached hydrogens (tertiary/aromatic N) is 1. The highest BCUT2D eigenvalue weighted by molar-refractivity contribution is 5.89. The van der Waals surface area contributed by atoms with Crippen molar-refractivity contribution in [1.29, 1.82) is 0 Å². The van der Waals surface area contributed by atoms with E-state index in [1.165, 1.54) is 6.92 Å². The Labute approximate surface area is 183 Å². The summed E-state index contributed by atoms with van der Waals surface area (Å²) in [5.74, 6) is -0.427. The van der Waals surface area contributed by atoms with Crippen LogP contribution < -0.4 is 16.0 Å². The third kappa shape index (κ3) is 6.84. The van der Waals surface area contributed by atoms with Crippen LogP contribution in [0.5, 0.6) is 0 Å². The Morgan fingerprint density at radius 1 is 1.03 bits per heavy atom. The molecule has 2 aromatic rings. The molecular formula is C24H30N4O3. The van der Waals surface area contributed by atoms with E-state index < -0.39 is 6.04 Å². The Bertz CT molecular complexity index is 908. The fraction of sp³-hybridized carbons (Fsp3) is 0.375. The molecule has 4 amide bonds. The number of hydrogen-bond acceptors (Lipinski definition) is 3. The van der Waals surface area contributed by atoms with Gasteiger partial charge in [0.1, 0.15) is 6.04 Å². The largest absolute Gasteiger partial charge is 0.351 e. The normalized spacial score (nSPS) is 15.1. The van der Waals surface area contributed by atoms with Gasteiger partial charge in [0.25, 0.3) is 0 Å². The average Bonchev–Trinajstić information content (AvgIpc) is 2.74. The number of piperidine rings is 1. The molecule has 0 saturated carbocycles. The fourth-order valence-electron chi connectivity index (χ4n) is 3.78. The van der Waals surface area contributed by atoms with E-state index in [4.69, 9.17) is 0 Å². The quantitative estimate of drug-likeness (QED) is 0.669. The molecule has 2 aromatic carbocycles. The van der Waals surface area contributed by atoms with Crippen molar-refractivity contribution in [1.82, 2.24) is 15.5 Å². The van der Waals surface area contributed by atoms with Crippen molar-refractivity contribution < 1.29 is 14.4 Å². The van der Waals surface area contributed by atoms with Crippen LogP contribution in [0.1, 0.15) is 30.9 Å². The van der Waals surface area contributed by atoms with Gasteiger partial charge in [-0.1, -0.05) is 48.0 Å². The van der Waals surface area contributed by atoms with Crippen molar-refractivity contribution >= 4 is 23.5 Å². The first kappa shape index (κ1) is 22.3. The van der Waals surface area contributed by atoms with Crippen LogP contribution >= 0.6 is 0 Å². The first-order valence-electron chi connectivity index (χ1n) is 10.6. The number of para-hydroxylation sites is 1. The molecular weight excluding hydrogens is 392 g/mol. The maximum absolute atomic E-state index is 12.9. The highest BCUT2D eigenvalue weighted by Gasteiger charge is 2.27. The predicted octanol–water partition coefficient (Wildman–Crippen LogP) is 2.85. The standard InChI is InChI=1S/C24H30N4O3/c1-17-7-6-8-19(15-17)16-22(25-18(2)29)23(30)26-21-11-13-28(14-12-21)24(31)27-20-9-4-3-5-10-20/h3-10,15,21-22H,11-14,16H2,1-2H3,(H,25,29)(H,26,30)(H,27,31). The van der Waals surface area contributed by atoms with Crippen LogP contribution in [0.4, 0.5) is 10.5 Å². The lowest BCUT2D eigenvalue weighted by Crippen LogP contribution is -2.53. The van der Waals surface area contributed by atoms with Gasteiger partial charge in [0.15, 0.2) is 0 Å². The number of aryl methyl sites for hydroxylation is 1. The SMILES string of the molecule is CC(=O)NC(Cc1cccc(C)c1)C(=O)NC1CCN(C(=O)Nc2ccccc2)CC1. The van der Waals surface area contributed by atoms with Crippen LogP contribution in [0.15, 0.2) is 54.6 Å². The lowest BCUT2D eigenvalue weighted by molar-refractivity contribution is -0.128. The zero-order chi connectivity index (χ0) is 22.2. The fourth-order valence-corrected chi connectivity index (χ4v) is 3.78. The van der Waals surface area contributed by atoms with E-state index in [-0.39, 0.29) is 23.9 Å². The van der Waals surface area contributed by atoms with E-state index in [0.29, 0.717) is 32.4 Å². The van der Waals surface area contributed by atoms with Crippen molar-refractivity contribution in [3.63, 3.8) is 0 Å². The molecule has 1 aliphatic rings. The van der Waals surface area contributed by atoms with Gasteiger partial charge in [0, 0.05) is 38.2 Å². The Kier molecular flexibility index (Phi) is 7.65. The number of urea groups is 1. The van der Waals surface area contributed by atoms with Crippen molar-refractivity contribution in [3.05, 3.63) is 65.7 Å². The molecule has 31 heavy (non-hydrogen) atoms. The summed E-state index contributed by atoms with van der Waals surface area (Å²) in [7, 11) is 0. The second kappa shape index (κ2) is 10.6. The number of amides is 4. The Morgan fingerprint density at radius 3 is 2.39 bits per heavy atom. The lowest BCUT2D eigenvalue weighted by atomic mass is 10.0. The molecule has 1 fully saturated rings. The third-order valence-corrected chi connectivity index (χ3v) is 5.37. The summed E-state index contributed by atoms with van der Waals surface area (Å²) in [6.45, 7) is 4.54. The summed E-state index contributed by atoms with van der Waals surface area (Å²) in [5, 5.41) is 8.71. The first-order valence-corrected chi connectivity index (χ1v) is 10.6. The topological polar surface area (TPSA) is 90.5 Å². The summed E-state index contributed by atoms with van der Waals surface area (Å²) in [4.78, 5) is 38.7. The molecule has 0 aromatic heterocycles. The van der Waals surface area contributed by atoms with Gasteiger partial charge in [-0.25, -0.2) is 4.79 Å². The first-order chi connectivity index (χ1) is 14.9. The number of anilines is 1. The van der Waals surface area contributed by atoms with Crippen LogP contribution in [0.3, 0.4) is 0 Å². The number of carbonyl (C=O) groups excluding carboxylic acids is 3. The smallest absolute Gasteiger partial charge is 0.321 e. The van der Waals surface area contributed by atoms with Crippen molar-refractivity contribution in [2.75, 3.05) is 18.4 Å². The molecule has 0 spiro atoms. The van der Waals surface area contributed by atoms with E-state index in [2.05, 4.69) is 16.0 Å². The average molecular weight is 423 g/mol. The van der Waals surface area contributed by atoms with Crippen LogP contribution in [0, 0.1) is 6.92 Å². The number of carbonyl (C=O) groups is 3. The van der Waals surface area contributed by atoms with Crippen molar-refractivity contribution in [3.8, 4) is 0 Å². The lowest BCUT2D eigenvalue weighted by Gasteiger charge is -2.33. The monoisotopic (exact) mass is 422 g/mol. The summed E-state index contributed by atoms with van der Waals surface area (Å²) < 4.78 is 0. The van der Waals surface area contributed by atoms with Gasteiger partial charge in [-0.15, -0.1) is 0 Å². The highest BCUT2D eigenvalue weighted by Crippen LogP contribution is 2.14. The zero-order valence-corrected chi connectivity index (χ0v) is 18.1. The molecule has 164 valence electrons. The number of likely N-dealkylation sites (tertiary alicyclic amines) is 1. The zero-order valence-electron chi connectivity index (χ0n) is 18.1. The molecule has 1 unspecified atom stereocenters. The van der Waals surface area contributed by atoms with E-state index in [1.807, 2.05) is 61.5 Å². The van der Waals surface area contributed by atoms with E-state index in [1.54, 1.807) is 4.90 Å². The minimum absolute atomic E-state index is 0.0259. The van der Waals surface area contributed by atoms with E-state index >= 15 is 0 Å². The van der Waals surface area contributed by atoms with Crippen molar-refractivity contribution in [2.24, 2.45) is 0 Å². The number of nitrogens with one attached hydrogen (secondary N) is 3. The Hall–Kier alpha value is -3.35. The number of benzene rings is 2. The van der Waals surface area contributed by atoms with Gasteiger partial charge in [0.2, 0.25) is 11.8 Å². The molecule has 3 N–H and O–H groups in total. The van der Waals surface area contributed by atoms with Crippen LogP contribution in [-0.2, 0) is 16.0 Å². The molecule has 1 aliphatic heterocycles. The van der Waals surface area contributed by atoms with E-state index in [0.717, 1.165) is 16.8 Å². The maximum Gasteiger partial charge on any atom is 0.321 e. The summed E-state index contributed by atoms with van der Waals surface area (Å²) in [6.07, 6.45) is 1.78. The minimum Gasteiger partial charge on any atom is -0.351 e. The second-order valence-electron chi connectivity index (χ2n) is 8.01. The second-order valence-corrected chi connectivity index (χ2v) is 8.01. The summed E-state index contributed by atoms with van der Waals surface area (Å²) in [5.41, 5.74) is 2.87. The molecule has 7 heteroatoms. The molecule has 0 radical (unpaired) electrons. The van der Waals surface area contributed by atoms with Gasteiger partial charge in [0.05, 0.1) is 0 Å². The molecule has 1 heterocycles. The van der Waals surface area contributed by atoms with Gasteiger partial charge >= 0.3 is 6.03 Å². The van der Waals surface area contributed by atoms with Crippen molar-refractivity contribution in [2.45, 2.75) is 45.2 Å². The molecule has 7 nitrogen and oxygen atoms in total.